The molecule has 14 rings (SSSR count). The van der Waals surface area contributed by atoms with E-state index in [2.05, 4.69) is 181 Å². The van der Waals surface area contributed by atoms with E-state index in [0.29, 0.717) is 28.7 Å². The lowest BCUT2D eigenvalue weighted by Gasteiger charge is -2.23. The van der Waals surface area contributed by atoms with Gasteiger partial charge in [0.05, 0.1) is 33.7 Å². The van der Waals surface area contributed by atoms with Gasteiger partial charge in [0.25, 0.3) is 0 Å². The third-order valence-electron chi connectivity index (χ3n) is 14.8. The first kappa shape index (κ1) is 42.1. The molecule has 0 spiro atoms. The van der Waals surface area contributed by atoms with Crippen molar-refractivity contribution in [1.82, 2.24) is 29.1 Å². The Kier molecular flexibility index (Phi) is 9.47. The molecular weight excluding hydrogens is 891 g/mol. The number of aromatic nitrogens is 6. The van der Waals surface area contributed by atoms with Crippen LogP contribution in [0.15, 0.2) is 224 Å². The highest BCUT2D eigenvalue weighted by molar-refractivity contribution is 6.16. The van der Waals surface area contributed by atoms with E-state index in [-0.39, 0.29) is 5.41 Å². The Labute approximate surface area is 421 Å². The second-order valence-electron chi connectivity index (χ2n) is 19.4. The average Bonchev–Trinajstić information content (AvgIpc) is 4.05. The fraction of sp³-hybridized carbons (Fsp3) is 0.0455. The molecule has 0 atom stereocenters. The Bertz CT molecular complexity index is 4420. The van der Waals surface area contributed by atoms with Crippen LogP contribution in [0, 0.1) is 11.3 Å². The molecule has 0 saturated heterocycles. The van der Waals surface area contributed by atoms with Crippen LogP contribution >= 0.6 is 0 Å². The number of nitriles is 1. The van der Waals surface area contributed by atoms with Crippen LogP contribution in [0.3, 0.4) is 0 Å². The van der Waals surface area contributed by atoms with Gasteiger partial charge >= 0.3 is 0 Å². The molecule has 0 bridgehead atoms. The third-order valence-corrected chi connectivity index (χ3v) is 14.8. The minimum atomic E-state index is -0.235. The van der Waals surface area contributed by atoms with Crippen molar-refractivity contribution in [2.45, 2.75) is 19.3 Å². The van der Waals surface area contributed by atoms with Crippen molar-refractivity contribution in [3.63, 3.8) is 0 Å². The second-order valence-corrected chi connectivity index (χ2v) is 19.4. The Morgan fingerprint density at radius 2 is 0.959 bits per heavy atom. The fourth-order valence-electron chi connectivity index (χ4n) is 11.3. The molecule has 7 nitrogen and oxygen atoms in total. The zero-order valence-corrected chi connectivity index (χ0v) is 40.0. The molecule has 0 amide bonds. The molecule has 0 radical (unpaired) electrons. The maximum atomic E-state index is 9.69. The van der Waals surface area contributed by atoms with Gasteiger partial charge in [0, 0.05) is 43.8 Å². The normalized spacial score (nSPS) is 12.6. The summed E-state index contributed by atoms with van der Waals surface area (Å²) in [5.41, 5.74) is 18.2. The quantitative estimate of drug-likeness (QED) is 0.159. The number of para-hydroxylation sites is 3. The number of hydrogen-bond donors (Lipinski definition) is 0. The van der Waals surface area contributed by atoms with Crippen LogP contribution in [-0.4, -0.2) is 29.1 Å². The SMILES string of the molecule is CC1(C)c2cc(-c3ccc4c(c3)c3ccccc3n4-c3cccc(-c4nc(-c5ccccc5)nc(-c5cccc(C#N)c5)n4)n3)ccc2-c2ccc(-c3cccc4c3c3ccccc3n4-c3ccccc3)cc21. The third kappa shape index (κ3) is 6.72. The lowest BCUT2D eigenvalue weighted by Crippen LogP contribution is -2.15. The van der Waals surface area contributed by atoms with Crippen LogP contribution in [-0.2, 0) is 5.41 Å². The lowest BCUT2D eigenvalue weighted by atomic mass is 9.80. The summed E-state index contributed by atoms with van der Waals surface area (Å²) in [6, 6.07) is 81.1. The minimum absolute atomic E-state index is 0.235. The topological polar surface area (TPSA) is 85.2 Å². The molecule has 0 aliphatic heterocycles. The zero-order chi connectivity index (χ0) is 48.8. The van der Waals surface area contributed by atoms with E-state index in [4.69, 9.17) is 19.9 Å². The predicted molar refractivity (Wildman–Crippen MR) is 296 cm³/mol. The van der Waals surface area contributed by atoms with Crippen molar-refractivity contribution in [1.29, 1.82) is 5.26 Å². The van der Waals surface area contributed by atoms with Gasteiger partial charge in [-0.1, -0.05) is 159 Å². The van der Waals surface area contributed by atoms with E-state index in [9.17, 15) is 5.26 Å². The van der Waals surface area contributed by atoms with Gasteiger partial charge in [0.15, 0.2) is 17.5 Å². The molecule has 4 heterocycles. The van der Waals surface area contributed by atoms with Gasteiger partial charge in [-0.05, 0) is 123 Å². The molecule has 7 heteroatoms. The highest BCUT2D eigenvalue weighted by Crippen LogP contribution is 2.51. The highest BCUT2D eigenvalue weighted by atomic mass is 15.1. The Morgan fingerprint density at radius 3 is 1.74 bits per heavy atom. The minimum Gasteiger partial charge on any atom is -0.309 e. The monoisotopic (exact) mass is 933 g/mol. The van der Waals surface area contributed by atoms with E-state index >= 15 is 0 Å². The van der Waals surface area contributed by atoms with Crippen molar-refractivity contribution in [3.8, 4) is 85.2 Å². The van der Waals surface area contributed by atoms with Crippen LogP contribution in [0.25, 0.3) is 123 Å². The molecule has 0 unspecified atom stereocenters. The molecule has 0 N–H and O–H groups in total. The summed E-state index contributed by atoms with van der Waals surface area (Å²) in [5, 5.41) is 14.5. The van der Waals surface area contributed by atoms with Crippen molar-refractivity contribution in [2.75, 3.05) is 0 Å². The summed E-state index contributed by atoms with van der Waals surface area (Å²) in [6.07, 6.45) is 0. The van der Waals surface area contributed by atoms with Crippen molar-refractivity contribution < 1.29 is 0 Å². The van der Waals surface area contributed by atoms with E-state index < -0.39 is 0 Å². The number of hydrogen-bond acceptors (Lipinski definition) is 5. The number of nitrogens with zero attached hydrogens (tertiary/aromatic N) is 7. The molecule has 0 saturated carbocycles. The molecule has 0 fully saturated rings. The molecular formula is C66H43N7. The van der Waals surface area contributed by atoms with Crippen LogP contribution in [0.4, 0.5) is 0 Å². The summed E-state index contributed by atoms with van der Waals surface area (Å²) >= 11 is 0. The first-order valence-corrected chi connectivity index (χ1v) is 24.6. The van der Waals surface area contributed by atoms with Gasteiger partial charge in [-0.15, -0.1) is 0 Å². The zero-order valence-electron chi connectivity index (χ0n) is 40.0. The first-order chi connectivity index (χ1) is 35.9. The number of rotatable bonds is 7. The fourth-order valence-corrected chi connectivity index (χ4v) is 11.3. The van der Waals surface area contributed by atoms with E-state index in [0.717, 1.165) is 50.0 Å². The van der Waals surface area contributed by atoms with Gasteiger partial charge < -0.3 is 4.57 Å². The molecule has 342 valence electrons. The van der Waals surface area contributed by atoms with Gasteiger partial charge in [-0.2, -0.15) is 5.26 Å². The van der Waals surface area contributed by atoms with Gasteiger partial charge in [0.1, 0.15) is 11.5 Å². The summed E-state index contributed by atoms with van der Waals surface area (Å²) in [6.45, 7) is 4.75. The Hall–Kier alpha value is -9.77. The highest BCUT2D eigenvalue weighted by Gasteiger charge is 2.36. The van der Waals surface area contributed by atoms with E-state index in [1.807, 2.05) is 60.7 Å². The average molecular weight is 934 g/mol. The Balaban J connectivity index is 0.838. The standard InChI is InChI=1S/C66H43N7/c1-66(2)54-38-44(30-33-49(54)50-34-31-45(39-55(50)66)48-24-14-28-60-62(48)52-23-10-12-27-58(52)72(60)47-20-7-4-8-21-47)43-32-35-59-53(37-43)51-22-9-11-26-57(51)73(59)61-29-15-25-56(68-61)65-70-63(42-17-5-3-6-18-42)69-64(71-65)46-19-13-16-41(36-46)40-67/h3-39H,1-2H3. The van der Waals surface area contributed by atoms with Crippen LogP contribution < -0.4 is 0 Å². The Morgan fingerprint density at radius 1 is 0.384 bits per heavy atom. The second kappa shape index (κ2) is 16.4. The van der Waals surface area contributed by atoms with Crippen molar-refractivity contribution >= 4 is 43.6 Å². The maximum absolute atomic E-state index is 9.69. The first-order valence-electron chi connectivity index (χ1n) is 24.6. The van der Waals surface area contributed by atoms with Crippen molar-refractivity contribution in [3.05, 3.63) is 241 Å². The van der Waals surface area contributed by atoms with Crippen LogP contribution in [0.5, 0.6) is 0 Å². The number of benzene rings is 9. The van der Waals surface area contributed by atoms with Crippen LogP contribution in [0.1, 0.15) is 30.5 Å². The number of pyridine rings is 1. The van der Waals surface area contributed by atoms with E-state index in [1.165, 1.54) is 60.8 Å². The van der Waals surface area contributed by atoms with Crippen LogP contribution in [0.2, 0.25) is 0 Å². The molecule has 1 aliphatic carbocycles. The van der Waals surface area contributed by atoms with Gasteiger partial charge in [-0.25, -0.2) is 19.9 Å². The van der Waals surface area contributed by atoms with Crippen molar-refractivity contribution in [2.24, 2.45) is 0 Å². The summed E-state index contributed by atoms with van der Waals surface area (Å²) in [7, 11) is 0. The molecule has 9 aromatic carbocycles. The predicted octanol–water partition coefficient (Wildman–Crippen LogP) is 16.0. The summed E-state index contributed by atoms with van der Waals surface area (Å²) in [5.74, 6) is 2.19. The summed E-state index contributed by atoms with van der Waals surface area (Å²) < 4.78 is 4.62. The molecule has 73 heavy (non-hydrogen) atoms. The molecule has 4 aromatic heterocycles. The maximum Gasteiger partial charge on any atom is 0.182 e. The van der Waals surface area contributed by atoms with E-state index in [1.54, 1.807) is 12.1 Å². The van der Waals surface area contributed by atoms with Gasteiger partial charge in [0.2, 0.25) is 0 Å². The number of fused-ring (bicyclic) bond motifs is 9. The molecule has 13 aromatic rings. The largest absolute Gasteiger partial charge is 0.309 e. The smallest absolute Gasteiger partial charge is 0.182 e. The summed E-state index contributed by atoms with van der Waals surface area (Å²) in [4.78, 5) is 20.1. The lowest BCUT2D eigenvalue weighted by molar-refractivity contribution is 0.661. The van der Waals surface area contributed by atoms with Gasteiger partial charge in [-0.3, -0.25) is 4.57 Å². The molecule has 1 aliphatic rings.